The van der Waals surface area contributed by atoms with Gasteiger partial charge in [-0.25, -0.2) is 9.69 Å². The zero-order valence-electron chi connectivity index (χ0n) is 16.5. The highest BCUT2D eigenvalue weighted by Crippen LogP contribution is 2.39. The van der Waals surface area contributed by atoms with Crippen LogP contribution in [0.4, 0.5) is 10.5 Å². The summed E-state index contributed by atoms with van der Waals surface area (Å²) >= 11 is 6.10. The van der Waals surface area contributed by atoms with Crippen molar-refractivity contribution in [3.8, 4) is 17.2 Å². The van der Waals surface area contributed by atoms with E-state index in [2.05, 4.69) is 5.32 Å². The molecule has 1 saturated heterocycles. The van der Waals surface area contributed by atoms with Crippen LogP contribution >= 0.6 is 11.6 Å². The first-order valence-electron chi connectivity index (χ1n) is 8.95. The Morgan fingerprint density at radius 1 is 1.03 bits per heavy atom. The van der Waals surface area contributed by atoms with Gasteiger partial charge in [0.15, 0.2) is 0 Å². The second-order valence-corrected chi connectivity index (χ2v) is 6.53. The summed E-state index contributed by atoms with van der Waals surface area (Å²) in [5.41, 5.74) is 0.466. The molecule has 0 aliphatic carbocycles. The van der Waals surface area contributed by atoms with Crippen molar-refractivity contribution in [1.82, 2.24) is 5.32 Å². The fourth-order valence-corrected chi connectivity index (χ4v) is 3.12. The SMILES string of the molecule is CCOc1ccc(C=C2C(=O)NC(=O)N(c3cc(OC)c(Cl)cc3OC)C2=O)cc1. The highest BCUT2D eigenvalue weighted by molar-refractivity contribution is 6.39. The van der Waals surface area contributed by atoms with Crippen LogP contribution < -0.4 is 24.4 Å². The van der Waals surface area contributed by atoms with E-state index in [9.17, 15) is 14.4 Å². The number of benzene rings is 2. The van der Waals surface area contributed by atoms with Gasteiger partial charge in [0.05, 0.1) is 31.5 Å². The lowest BCUT2D eigenvalue weighted by Crippen LogP contribution is -2.54. The zero-order chi connectivity index (χ0) is 21.8. The van der Waals surface area contributed by atoms with Crippen molar-refractivity contribution in [1.29, 1.82) is 0 Å². The summed E-state index contributed by atoms with van der Waals surface area (Å²) in [5.74, 6) is -0.537. The minimum Gasteiger partial charge on any atom is -0.495 e. The summed E-state index contributed by atoms with van der Waals surface area (Å²) in [7, 11) is 2.77. The summed E-state index contributed by atoms with van der Waals surface area (Å²) in [6, 6.07) is 8.74. The Balaban J connectivity index is 2.03. The minimum atomic E-state index is -0.906. The van der Waals surface area contributed by atoms with Crippen molar-refractivity contribution in [2.75, 3.05) is 25.7 Å². The topological polar surface area (TPSA) is 94.2 Å². The van der Waals surface area contributed by atoms with E-state index >= 15 is 0 Å². The molecule has 0 spiro atoms. The van der Waals surface area contributed by atoms with Gasteiger partial charge in [0.25, 0.3) is 11.8 Å². The molecule has 0 bridgehead atoms. The highest BCUT2D eigenvalue weighted by atomic mass is 35.5. The number of halogens is 1. The second-order valence-electron chi connectivity index (χ2n) is 6.12. The van der Waals surface area contributed by atoms with Crippen LogP contribution in [0.25, 0.3) is 6.08 Å². The summed E-state index contributed by atoms with van der Waals surface area (Å²) in [6.45, 7) is 2.39. The highest BCUT2D eigenvalue weighted by Gasteiger charge is 2.38. The zero-order valence-corrected chi connectivity index (χ0v) is 17.3. The first-order valence-corrected chi connectivity index (χ1v) is 9.33. The lowest BCUT2D eigenvalue weighted by Gasteiger charge is -2.28. The molecule has 1 heterocycles. The fraction of sp³-hybridized carbons (Fsp3) is 0.190. The lowest BCUT2D eigenvalue weighted by atomic mass is 10.1. The Labute approximate surface area is 178 Å². The standard InChI is InChI=1S/C21H19ClN2O6/c1-4-30-13-7-5-12(6-8-13)9-14-19(25)23-21(27)24(20(14)26)16-11-17(28-2)15(22)10-18(16)29-3/h5-11H,4H2,1-3H3,(H,23,25,27). The Morgan fingerprint density at radius 3 is 2.30 bits per heavy atom. The van der Waals surface area contributed by atoms with E-state index in [1.54, 1.807) is 24.3 Å². The number of rotatable bonds is 6. The summed E-state index contributed by atoms with van der Waals surface area (Å²) in [5, 5.41) is 2.41. The van der Waals surface area contributed by atoms with Crippen LogP contribution in [0, 0.1) is 0 Å². The number of anilines is 1. The van der Waals surface area contributed by atoms with Crippen LogP contribution in [-0.2, 0) is 9.59 Å². The minimum absolute atomic E-state index is 0.0892. The molecule has 1 aliphatic heterocycles. The van der Waals surface area contributed by atoms with Gasteiger partial charge in [-0.3, -0.25) is 14.9 Å². The maximum Gasteiger partial charge on any atom is 0.336 e. The first kappa shape index (κ1) is 21.2. The molecule has 4 amide bonds. The largest absolute Gasteiger partial charge is 0.495 e. The Bertz CT molecular complexity index is 1030. The summed E-state index contributed by atoms with van der Waals surface area (Å²) in [4.78, 5) is 38.7. The number of hydrogen-bond donors (Lipinski definition) is 1. The number of imide groups is 2. The van der Waals surface area contributed by atoms with Gasteiger partial charge in [0, 0.05) is 12.1 Å². The van der Waals surface area contributed by atoms with E-state index in [1.807, 2.05) is 6.92 Å². The molecule has 9 heteroatoms. The van der Waals surface area contributed by atoms with Crippen LogP contribution in [0.1, 0.15) is 12.5 Å². The molecule has 3 rings (SSSR count). The lowest BCUT2D eigenvalue weighted by molar-refractivity contribution is -0.122. The number of nitrogens with zero attached hydrogens (tertiary/aromatic N) is 1. The summed E-state index contributed by atoms with van der Waals surface area (Å²) < 4.78 is 15.8. The van der Waals surface area contributed by atoms with Gasteiger partial charge in [0.1, 0.15) is 22.8 Å². The first-order chi connectivity index (χ1) is 14.4. The molecule has 30 heavy (non-hydrogen) atoms. The van der Waals surface area contributed by atoms with Gasteiger partial charge in [-0.15, -0.1) is 0 Å². The molecule has 0 atom stereocenters. The molecular weight excluding hydrogens is 412 g/mol. The van der Waals surface area contributed by atoms with Gasteiger partial charge >= 0.3 is 6.03 Å². The van der Waals surface area contributed by atoms with Crippen molar-refractivity contribution in [3.05, 3.63) is 52.6 Å². The molecule has 156 valence electrons. The molecule has 8 nitrogen and oxygen atoms in total. The Hall–Kier alpha value is -3.52. The predicted octanol–water partition coefficient (Wildman–Crippen LogP) is 3.42. The van der Waals surface area contributed by atoms with Crippen molar-refractivity contribution >= 4 is 41.2 Å². The van der Waals surface area contributed by atoms with Gasteiger partial charge in [-0.1, -0.05) is 23.7 Å². The van der Waals surface area contributed by atoms with Gasteiger partial charge in [0.2, 0.25) is 0 Å². The third kappa shape index (κ3) is 4.08. The predicted molar refractivity (Wildman–Crippen MR) is 111 cm³/mol. The molecule has 0 aromatic heterocycles. The maximum atomic E-state index is 13.1. The third-order valence-electron chi connectivity index (χ3n) is 4.30. The Morgan fingerprint density at radius 2 is 1.70 bits per heavy atom. The van der Waals surface area contributed by atoms with Gasteiger partial charge in [-0.2, -0.15) is 0 Å². The van der Waals surface area contributed by atoms with E-state index in [-0.39, 0.29) is 27.8 Å². The molecule has 1 fully saturated rings. The van der Waals surface area contributed by atoms with Crippen LogP contribution in [-0.4, -0.2) is 38.7 Å². The molecular formula is C21H19ClN2O6. The van der Waals surface area contributed by atoms with Gasteiger partial charge in [-0.05, 0) is 30.7 Å². The van der Waals surface area contributed by atoms with E-state index in [4.69, 9.17) is 25.8 Å². The number of amides is 4. The number of carbonyl (C=O) groups is 3. The molecule has 2 aromatic carbocycles. The monoisotopic (exact) mass is 430 g/mol. The number of carbonyl (C=O) groups excluding carboxylic acids is 3. The van der Waals surface area contributed by atoms with E-state index in [0.717, 1.165) is 4.90 Å². The Kier molecular flexibility index (Phi) is 6.27. The number of nitrogens with one attached hydrogen (secondary N) is 1. The molecule has 0 radical (unpaired) electrons. The van der Waals surface area contributed by atoms with E-state index in [0.29, 0.717) is 17.9 Å². The van der Waals surface area contributed by atoms with Crippen LogP contribution in [0.2, 0.25) is 5.02 Å². The van der Waals surface area contributed by atoms with Crippen LogP contribution in [0.5, 0.6) is 17.2 Å². The maximum absolute atomic E-state index is 13.1. The molecule has 2 aromatic rings. The third-order valence-corrected chi connectivity index (χ3v) is 4.59. The second kappa shape index (κ2) is 8.87. The molecule has 0 saturated carbocycles. The van der Waals surface area contributed by atoms with Crippen LogP contribution in [0.15, 0.2) is 42.0 Å². The van der Waals surface area contributed by atoms with E-state index in [1.165, 1.54) is 32.4 Å². The fourth-order valence-electron chi connectivity index (χ4n) is 2.89. The average Bonchev–Trinajstić information content (AvgIpc) is 2.73. The number of hydrogen-bond acceptors (Lipinski definition) is 6. The normalized spacial score (nSPS) is 15.3. The number of urea groups is 1. The van der Waals surface area contributed by atoms with Crippen LogP contribution in [0.3, 0.4) is 0 Å². The average molecular weight is 431 g/mol. The van der Waals surface area contributed by atoms with Gasteiger partial charge < -0.3 is 14.2 Å². The molecule has 1 aliphatic rings. The number of barbiturate groups is 1. The molecule has 0 unspecified atom stereocenters. The molecule has 1 N–H and O–H groups in total. The quantitative estimate of drug-likeness (QED) is 0.557. The van der Waals surface area contributed by atoms with Crippen molar-refractivity contribution in [2.45, 2.75) is 6.92 Å². The number of ether oxygens (including phenoxy) is 3. The van der Waals surface area contributed by atoms with E-state index < -0.39 is 17.8 Å². The number of methoxy groups -OCH3 is 2. The smallest absolute Gasteiger partial charge is 0.336 e. The summed E-state index contributed by atoms with van der Waals surface area (Å²) in [6.07, 6.45) is 1.40. The van der Waals surface area contributed by atoms with Crippen molar-refractivity contribution in [2.24, 2.45) is 0 Å². The van der Waals surface area contributed by atoms with Crippen molar-refractivity contribution in [3.63, 3.8) is 0 Å². The van der Waals surface area contributed by atoms with Crippen molar-refractivity contribution < 1.29 is 28.6 Å².